The molecule has 0 aliphatic carbocycles. The first-order valence-electron chi connectivity index (χ1n) is 7.29. The number of halogens is 1. The lowest BCUT2D eigenvalue weighted by Crippen LogP contribution is -2.39. The van der Waals surface area contributed by atoms with Crippen molar-refractivity contribution in [3.63, 3.8) is 0 Å². The van der Waals surface area contributed by atoms with Gasteiger partial charge >= 0.3 is 6.09 Å². The topological polar surface area (TPSA) is 29.5 Å². The number of anilines is 1. The van der Waals surface area contributed by atoms with Crippen LogP contribution >= 0.6 is 15.9 Å². The number of rotatable bonds is 5. The molecule has 0 radical (unpaired) electrons. The lowest BCUT2D eigenvalue weighted by Gasteiger charge is -2.29. The first-order chi connectivity index (χ1) is 10.6. The van der Waals surface area contributed by atoms with E-state index in [0.717, 1.165) is 23.0 Å². The molecule has 2 aromatic carbocycles. The van der Waals surface area contributed by atoms with E-state index < -0.39 is 0 Å². The number of hydrogen-bond donors (Lipinski definition) is 0. The van der Waals surface area contributed by atoms with Crippen LogP contribution in [0.2, 0.25) is 0 Å². The number of ether oxygens (including phenoxy) is 1. The molecule has 0 saturated carbocycles. The number of benzene rings is 2. The molecule has 0 aliphatic heterocycles. The van der Waals surface area contributed by atoms with Gasteiger partial charge in [-0.05, 0) is 53.4 Å². The third-order valence-electron chi connectivity index (χ3n) is 3.62. The van der Waals surface area contributed by atoms with Crippen LogP contribution in [-0.2, 0) is 11.2 Å². The van der Waals surface area contributed by atoms with Crippen LogP contribution in [0.4, 0.5) is 10.5 Å². The minimum atomic E-state index is -0.340. The summed E-state index contributed by atoms with van der Waals surface area (Å²) in [4.78, 5) is 13.9. The van der Waals surface area contributed by atoms with Gasteiger partial charge in [0.15, 0.2) is 0 Å². The van der Waals surface area contributed by atoms with Gasteiger partial charge in [0.25, 0.3) is 0 Å². The molecule has 3 nitrogen and oxygen atoms in total. The number of aryl methyl sites for hydroxylation is 1. The average molecular weight is 362 g/mol. The van der Waals surface area contributed by atoms with E-state index in [9.17, 15) is 4.79 Å². The molecular formula is C18H20BrNO2. The molecule has 1 amide bonds. The zero-order valence-electron chi connectivity index (χ0n) is 12.8. The Morgan fingerprint density at radius 2 is 1.77 bits per heavy atom. The van der Waals surface area contributed by atoms with Crippen molar-refractivity contribution in [1.82, 2.24) is 0 Å². The molecule has 0 bridgehead atoms. The third kappa shape index (κ3) is 4.10. The number of para-hydroxylation sites is 1. The van der Waals surface area contributed by atoms with E-state index in [2.05, 4.69) is 28.1 Å². The summed E-state index contributed by atoms with van der Waals surface area (Å²) in [5, 5.41) is 0. The van der Waals surface area contributed by atoms with Gasteiger partial charge in [-0.1, -0.05) is 42.5 Å². The Labute approximate surface area is 140 Å². The van der Waals surface area contributed by atoms with Crippen LogP contribution in [0, 0.1) is 0 Å². The van der Waals surface area contributed by atoms with Crippen molar-refractivity contribution in [1.29, 1.82) is 0 Å². The minimum absolute atomic E-state index is 0.0337. The number of methoxy groups -OCH3 is 1. The number of hydrogen-bond acceptors (Lipinski definition) is 2. The normalized spacial score (nSPS) is 11.8. The van der Waals surface area contributed by atoms with E-state index in [-0.39, 0.29) is 12.1 Å². The molecule has 0 heterocycles. The Morgan fingerprint density at radius 1 is 1.14 bits per heavy atom. The van der Waals surface area contributed by atoms with Crippen molar-refractivity contribution in [2.45, 2.75) is 25.8 Å². The highest BCUT2D eigenvalue weighted by molar-refractivity contribution is 9.10. The summed E-state index contributed by atoms with van der Waals surface area (Å²) in [7, 11) is 1.41. The highest BCUT2D eigenvalue weighted by atomic mass is 79.9. The molecule has 22 heavy (non-hydrogen) atoms. The smallest absolute Gasteiger partial charge is 0.414 e. The van der Waals surface area contributed by atoms with Crippen LogP contribution in [0.5, 0.6) is 0 Å². The fourth-order valence-corrected chi connectivity index (χ4v) is 2.89. The molecule has 1 unspecified atom stereocenters. The summed E-state index contributed by atoms with van der Waals surface area (Å²) >= 11 is 3.51. The molecule has 0 saturated heterocycles. The van der Waals surface area contributed by atoms with E-state index in [1.807, 2.05) is 49.4 Å². The zero-order valence-corrected chi connectivity index (χ0v) is 14.4. The fourth-order valence-electron chi connectivity index (χ4n) is 2.41. The van der Waals surface area contributed by atoms with Gasteiger partial charge in [-0.25, -0.2) is 4.79 Å². The quantitative estimate of drug-likeness (QED) is 0.746. The minimum Gasteiger partial charge on any atom is -0.452 e. The Kier molecular flexibility index (Phi) is 6.01. The van der Waals surface area contributed by atoms with E-state index in [4.69, 9.17) is 4.74 Å². The Balaban J connectivity index is 2.15. The SMILES string of the molecule is COC(=O)N(c1ccccc1Br)C(C)CCc1ccccc1. The molecule has 1 atom stereocenters. The van der Waals surface area contributed by atoms with Crippen LogP contribution < -0.4 is 4.90 Å². The van der Waals surface area contributed by atoms with Crippen LogP contribution in [0.25, 0.3) is 0 Å². The maximum Gasteiger partial charge on any atom is 0.414 e. The second-order valence-corrected chi connectivity index (χ2v) is 6.02. The standard InChI is InChI=1S/C18H20BrNO2/c1-14(12-13-15-8-4-3-5-9-15)20(18(21)22-2)17-11-7-6-10-16(17)19/h3-11,14H,12-13H2,1-2H3. The van der Waals surface area contributed by atoms with Gasteiger partial charge in [0.2, 0.25) is 0 Å². The van der Waals surface area contributed by atoms with E-state index >= 15 is 0 Å². The van der Waals surface area contributed by atoms with Crippen molar-refractivity contribution in [2.75, 3.05) is 12.0 Å². The second kappa shape index (κ2) is 7.99. The molecule has 0 aliphatic rings. The van der Waals surface area contributed by atoms with E-state index in [1.165, 1.54) is 12.7 Å². The number of carbonyl (C=O) groups excluding carboxylic acids is 1. The van der Waals surface area contributed by atoms with Gasteiger partial charge in [-0.15, -0.1) is 0 Å². The maximum absolute atomic E-state index is 12.2. The van der Waals surface area contributed by atoms with Crippen molar-refractivity contribution >= 4 is 27.7 Å². The van der Waals surface area contributed by atoms with E-state index in [1.54, 1.807) is 4.90 Å². The largest absolute Gasteiger partial charge is 0.452 e. The summed E-state index contributed by atoms with van der Waals surface area (Å²) in [6.45, 7) is 2.04. The number of carbonyl (C=O) groups is 1. The van der Waals surface area contributed by atoms with Gasteiger partial charge in [-0.3, -0.25) is 4.90 Å². The Morgan fingerprint density at radius 3 is 2.41 bits per heavy atom. The van der Waals surface area contributed by atoms with Crippen LogP contribution in [0.3, 0.4) is 0 Å². The van der Waals surface area contributed by atoms with Gasteiger partial charge in [0.1, 0.15) is 0 Å². The van der Waals surface area contributed by atoms with Gasteiger partial charge < -0.3 is 4.74 Å². The average Bonchev–Trinajstić information content (AvgIpc) is 2.55. The summed E-state index contributed by atoms with van der Waals surface area (Å²) in [5.74, 6) is 0. The highest BCUT2D eigenvalue weighted by Gasteiger charge is 2.24. The summed E-state index contributed by atoms with van der Waals surface area (Å²) in [6.07, 6.45) is 1.44. The first-order valence-corrected chi connectivity index (χ1v) is 8.08. The van der Waals surface area contributed by atoms with Crippen LogP contribution in [0.1, 0.15) is 18.9 Å². The summed E-state index contributed by atoms with van der Waals surface area (Å²) in [6, 6.07) is 18.0. The van der Waals surface area contributed by atoms with Gasteiger partial charge in [-0.2, -0.15) is 0 Å². The van der Waals surface area contributed by atoms with Crippen LogP contribution in [0.15, 0.2) is 59.1 Å². The molecule has 0 fully saturated rings. The zero-order chi connectivity index (χ0) is 15.9. The molecular weight excluding hydrogens is 342 g/mol. The predicted molar refractivity (Wildman–Crippen MR) is 93.3 cm³/mol. The molecule has 0 aromatic heterocycles. The molecule has 0 spiro atoms. The number of nitrogens with zero attached hydrogens (tertiary/aromatic N) is 1. The lowest BCUT2D eigenvalue weighted by molar-refractivity contribution is 0.176. The first kappa shape index (κ1) is 16.6. The van der Waals surface area contributed by atoms with E-state index in [0.29, 0.717) is 0 Å². The second-order valence-electron chi connectivity index (χ2n) is 5.16. The molecule has 2 rings (SSSR count). The lowest BCUT2D eigenvalue weighted by atomic mass is 10.0. The predicted octanol–water partition coefficient (Wildman–Crippen LogP) is 5.04. The monoisotopic (exact) mass is 361 g/mol. The van der Waals surface area contributed by atoms with Crippen molar-refractivity contribution < 1.29 is 9.53 Å². The van der Waals surface area contributed by atoms with Crippen molar-refractivity contribution in [2.24, 2.45) is 0 Å². The molecule has 4 heteroatoms. The Hall–Kier alpha value is -1.81. The fraction of sp³-hybridized carbons (Fsp3) is 0.278. The summed E-state index contributed by atoms with van der Waals surface area (Å²) in [5.41, 5.74) is 2.10. The van der Waals surface area contributed by atoms with Crippen LogP contribution in [-0.4, -0.2) is 19.2 Å². The maximum atomic E-state index is 12.2. The summed E-state index contributed by atoms with van der Waals surface area (Å²) < 4.78 is 5.84. The molecule has 116 valence electrons. The Bertz CT molecular complexity index is 615. The third-order valence-corrected chi connectivity index (χ3v) is 4.29. The highest BCUT2D eigenvalue weighted by Crippen LogP contribution is 2.29. The van der Waals surface area contributed by atoms with Crippen molar-refractivity contribution in [3.05, 3.63) is 64.6 Å². The van der Waals surface area contributed by atoms with Gasteiger partial charge in [0, 0.05) is 10.5 Å². The van der Waals surface area contributed by atoms with Gasteiger partial charge in [0.05, 0.1) is 12.8 Å². The molecule has 0 N–H and O–H groups in total. The van der Waals surface area contributed by atoms with Crippen molar-refractivity contribution in [3.8, 4) is 0 Å². The molecule has 2 aromatic rings. The number of amides is 1.